The molecule has 0 amide bonds. The van der Waals surface area contributed by atoms with Crippen molar-refractivity contribution in [1.82, 2.24) is 9.97 Å². The van der Waals surface area contributed by atoms with E-state index in [2.05, 4.69) is 121 Å². The molecule has 0 aliphatic heterocycles. The number of hydrogen-bond acceptors (Lipinski definition) is 5. The predicted octanol–water partition coefficient (Wildman–Crippen LogP) is 14.2. The molecule has 9 rings (SSSR count). The maximum Gasteiger partial charge on any atom is 2.00 e. The molecule has 5 nitrogen and oxygen atoms in total. The van der Waals surface area contributed by atoms with Gasteiger partial charge in [-0.25, -0.2) is 0 Å². The van der Waals surface area contributed by atoms with Crippen LogP contribution in [0.3, 0.4) is 0 Å². The van der Waals surface area contributed by atoms with Gasteiger partial charge in [0.05, 0.1) is 5.58 Å². The summed E-state index contributed by atoms with van der Waals surface area (Å²) >= 11 is 0. The maximum absolute atomic E-state index is 6.84. The summed E-state index contributed by atoms with van der Waals surface area (Å²) in [5, 5.41) is 5.25. The van der Waals surface area contributed by atoms with Crippen LogP contribution in [0.25, 0.3) is 77.5 Å². The molecule has 0 bridgehead atoms. The van der Waals surface area contributed by atoms with E-state index < -0.39 is 0 Å². The van der Waals surface area contributed by atoms with Crippen LogP contribution in [0.15, 0.2) is 124 Å². The second-order valence-electron chi connectivity index (χ2n) is 17.4. The van der Waals surface area contributed by atoms with Crippen LogP contribution in [0.4, 0.5) is 0 Å². The molecule has 5 aromatic carbocycles. The largest absolute Gasteiger partial charge is 2.00 e. The molecule has 0 radical (unpaired) electrons. The van der Waals surface area contributed by atoms with Crippen molar-refractivity contribution in [3.63, 3.8) is 0 Å². The fraction of sp³-hybridized carbons (Fsp3) is 0.216. The van der Waals surface area contributed by atoms with Crippen molar-refractivity contribution in [3.8, 4) is 45.6 Å². The van der Waals surface area contributed by atoms with Crippen LogP contribution < -0.4 is 4.74 Å². The minimum absolute atomic E-state index is 0. The topological polar surface area (TPSA) is 61.3 Å². The van der Waals surface area contributed by atoms with E-state index in [4.69, 9.17) is 23.5 Å². The molecule has 0 saturated heterocycles. The van der Waals surface area contributed by atoms with Crippen molar-refractivity contribution in [1.29, 1.82) is 0 Å². The average molecular weight is 928 g/mol. The van der Waals surface area contributed by atoms with E-state index in [0.29, 0.717) is 17.5 Å². The van der Waals surface area contributed by atoms with E-state index in [1.54, 1.807) is 0 Å². The zero-order valence-corrected chi connectivity index (χ0v) is 35.6. The monoisotopic (exact) mass is 927 g/mol. The van der Waals surface area contributed by atoms with Gasteiger partial charge in [0, 0.05) is 33.7 Å². The molecule has 57 heavy (non-hydrogen) atoms. The quantitative estimate of drug-likeness (QED) is 0.149. The smallest absolute Gasteiger partial charge is 0.491 e. The molecule has 0 saturated carbocycles. The van der Waals surface area contributed by atoms with Crippen LogP contribution in [0.1, 0.15) is 58.2 Å². The summed E-state index contributed by atoms with van der Waals surface area (Å²) in [5.74, 6) is 1.56. The SMILES string of the molecule is Cc1c(-c2cc(Oc3cccc(-c4[c-]cccc4)n3)nc(-c3[c-]c4ccccc4c4c3oc3cc(CC(C)(C)C)ccc34)c2)oc2cc(CC(C)(C)C)ccc12.[Pt+2]. The number of aryl methyl sites for hydroxylation is 1. The molecule has 9 aromatic rings. The van der Waals surface area contributed by atoms with Crippen LogP contribution >= 0.6 is 0 Å². The van der Waals surface area contributed by atoms with Crippen LogP contribution in [0.5, 0.6) is 11.8 Å². The standard InChI is InChI=1S/C51H44N2O3.Pt/c1-31-37-22-20-32(29-50(2,3)4)24-43(37)54-48(31)36-27-42(53-46(28-36)56-45-19-13-18-41(52-45)34-14-9-8-10-15-34)40-26-35-16-11-12-17-38(35)47-39-23-21-33(30-51(5,6)7)25-44(39)55-49(40)47;/h8-14,16-25,27-28H,29-30H2,1-7H3;/q-2;+2. The molecule has 0 N–H and O–H groups in total. The van der Waals surface area contributed by atoms with Crippen molar-refractivity contribution >= 4 is 43.7 Å². The fourth-order valence-electron chi connectivity index (χ4n) is 7.85. The first-order valence-electron chi connectivity index (χ1n) is 19.3. The molecule has 0 atom stereocenters. The van der Waals surface area contributed by atoms with Gasteiger partial charge >= 0.3 is 21.1 Å². The molecule has 286 valence electrons. The second kappa shape index (κ2) is 14.8. The van der Waals surface area contributed by atoms with E-state index in [0.717, 1.165) is 90.2 Å². The van der Waals surface area contributed by atoms with Crippen molar-refractivity contribution < 1.29 is 34.6 Å². The Balaban J connectivity index is 0.00000455. The Morgan fingerprint density at radius 1 is 0.632 bits per heavy atom. The van der Waals surface area contributed by atoms with Crippen LogP contribution in [-0.4, -0.2) is 9.97 Å². The number of fused-ring (bicyclic) bond motifs is 6. The number of benzene rings is 5. The summed E-state index contributed by atoms with van der Waals surface area (Å²) in [4.78, 5) is 10.00. The molecule has 0 spiro atoms. The number of furan rings is 2. The van der Waals surface area contributed by atoms with Gasteiger partial charge in [0.25, 0.3) is 0 Å². The van der Waals surface area contributed by atoms with Gasteiger partial charge < -0.3 is 13.6 Å². The minimum Gasteiger partial charge on any atom is -0.491 e. The zero-order chi connectivity index (χ0) is 38.8. The van der Waals surface area contributed by atoms with Gasteiger partial charge in [-0.05, 0) is 71.0 Å². The first-order valence-corrected chi connectivity index (χ1v) is 19.3. The Morgan fingerprint density at radius 3 is 2.04 bits per heavy atom. The molecule has 0 unspecified atom stereocenters. The third-order valence-electron chi connectivity index (χ3n) is 10.1. The van der Waals surface area contributed by atoms with E-state index in [-0.39, 0.29) is 31.9 Å². The van der Waals surface area contributed by atoms with Crippen molar-refractivity contribution in [2.75, 3.05) is 0 Å². The van der Waals surface area contributed by atoms with Crippen LogP contribution in [0, 0.1) is 29.9 Å². The number of hydrogen-bond donors (Lipinski definition) is 0. The van der Waals surface area contributed by atoms with Gasteiger partial charge in [-0.2, -0.15) is 0 Å². The zero-order valence-electron chi connectivity index (χ0n) is 33.3. The molecular weight excluding hydrogens is 884 g/mol. The fourth-order valence-corrected chi connectivity index (χ4v) is 7.85. The predicted molar refractivity (Wildman–Crippen MR) is 228 cm³/mol. The number of rotatable bonds is 7. The summed E-state index contributed by atoms with van der Waals surface area (Å²) < 4.78 is 20.1. The molecule has 6 heteroatoms. The number of pyridine rings is 2. The number of aromatic nitrogens is 2. The van der Waals surface area contributed by atoms with Gasteiger partial charge in [0.2, 0.25) is 11.8 Å². The van der Waals surface area contributed by atoms with Crippen molar-refractivity contribution in [2.45, 2.75) is 61.3 Å². The minimum atomic E-state index is 0. The van der Waals surface area contributed by atoms with Crippen molar-refractivity contribution in [2.24, 2.45) is 10.8 Å². The van der Waals surface area contributed by atoms with E-state index in [1.807, 2.05) is 54.6 Å². The van der Waals surface area contributed by atoms with E-state index >= 15 is 0 Å². The summed E-state index contributed by atoms with van der Waals surface area (Å²) in [7, 11) is 0. The van der Waals surface area contributed by atoms with E-state index in [9.17, 15) is 0 Å². The Bertz CT molecular complexity index is 2930. The molecule has 0 aliphatic rings. The van der Waals surface area contributed by atoms with Crippen LogP contribution in [-0.2, 0) is 33.9 Å². The molecule has 4 aromatic heterocycles. The Hall–Kier alpha value is -5.51. The molecule has 0 aliphatic carbocycles. The first kappa shape index (κ1) is 38.4. The summed E-state index contributed by atoms with van der Waals surface area (Å²) in [6.07, 6.45) is 1.89. The summed E-state index contributed by atoms with van der Waals surface area (Å²) in [6.45, 7) is 15.7. The molecule has 0 fully saturated rings. The first-order chi connectivity index (χ1) is 26.8. The average Bonchev–Trinajstić information content (AvgIpc) is 3.70. The summed E-state index contributed by atoms with van der Waals surface area (Å²) in [6, 6.07) is 46.0. The normalized spacial score (nSPS) is 12.1. The number of ether oxygens (including phenoxy) is 1. The number of nitrogens with zero attached hydrogens (tertiary/aromatic N) is 2. The van der Waals surface area contributed by atoms with Gasteiger partial charge in [-0.15, -0.1) is 53.4 Å². The summed E-state index contributed by atoms with van der Waals surface area (Å²) in [5.41, 5.74) is 10.1. The van der Waals surface area contributed by atoms with Gasteiger partial charge in [-0.3, -0.25) is 9.97 Å². The Labute approximate surface area is 348 Å². The van der Waals surface area contributed by atoms with Gasteiger partial charge in [0.1, 0.15) is 16.9 Å². The van der Waals surface area contributed by atoms with Crippen LogP contribution in [0.2, 0.25) is 0 Å². The molecule has 4 heterocycles. The third kappa shape index (κ3) is 7.78. The second-order valence-corrected chi connectivity index (χ2v) is 17.4. The van der Waals surface area contributed by atoms with Gasteiger partial charge in [0.15, 0.2) is 0 Å². The third-order valence-corrected chi connectivity index (χ3v) is 10.1. The van der Waals surface area contributed by atoms with Crippen molar-refractivity contribution in [3.05, 3.63) is 144 Å². The van der Waals surface area contributed by atoms with Gasteiger partial charge in [-0.1, -0.05) is 113 Å². The Kier molecular flexibility index (Phi) is 9.94. The molecular formula is C51H44N2O3Pt. The maximum atomic E-state index is 6.84. The van der Waals surface area contributed by atoms with E-state index in [1.165, 1.54) is 11.1 Å². The Morgan fingerprint density at radius 2 is 1.32 bits per heavy atom.